The van der Waals surface area contributed by atoms with E-state index in [-0.39, 0.29) is 5.91 Å². The van der Waals surface area contributed by atoms with E-state index in [9.17, 15) is 4.79 Å². The lowest BCUT2D eigenvalue weighted by molar-refractivity contribution is 0.0949. The number of carbonyl (C=O) groups excluding carboxylic acids is 1. The highest BCUT2D eigenvalue weighted by Crippen LogP contribution is 2.27. The molecule has 1 aliphatic heterocycles. The summed E-state index contributed by atoms with van der Waals surface area (Å²) in [5.74, 6) is 1.94. The number of rotatable bonds is 6. The van der Waals surface area contributed by atoms with Crippen molar-refractivity contribution in [2.24, 2.45) is 11.8 Å². The topological polar surface area (TPSA) is 84.4 Å². The van der Waals surface area contributed by atoms with Crippen molar-refractivity contribution in [2.45, 2.75) is 33.6 Å². The average Bonchev–Trinajstić information content (AvgIpc) is 3.34. The van der Waals surface area contributed by atoms with Crippen LogP contribution >= 0.6 is 0 Å². The smallest absolute Gasteiger partial charge is 0.259 e. The molecule has 7 nitrogen and oxygen atoms in total. The number of hydrogen-bond acceptors (Lipinski definition) is 6. The van der Waals surface area contributed by atoms with E-state index >= 15 is 0 Å². The van der Waals surface area contributed by atoms with Crippen LogP contribution in [-0.2, 0) is 0 Å². The van der Waals surface area contributed by atoms with Gasteiger partial charge in [-0.1, -0.05) is 19.0 Å². The highest BCUT2D eigenvalue weighted by atomic mass is 16.5. The van der Waals surface area contributed by atoms with Gasteiger partial charge in [-0.15, -0.1) is 0 Å². The summed E-state index contributed by atoms with van der Waals surface area (Å²) in [6.07, 6.45) is 3.81. The van der Waals surface area contributed by atoms with Crippen LogP contribution in [0.4, 0.5) is 0 Å². The molecule has 2 atom stereocenters. The Bertz CT molecular complexity index is 970. The van der Waals surface area contributed by atoms with Crippen LogP contribution in [-0.4, -0.2) is 47.1 Å². The Labute approximate surface area is 170 Å². The number of aryl methyl sites for hydroxylation is 1. The molecule has 0 radical (unpaired) electrons. The molecule has 0 aliphatic carbocycles. The van der Waals surface area contributed by atoms with Crippen LogP contribution in [0.3, 0.4) is 0 Å². The molecule has 3 aromatic heterocycles. The Kier molecular flexibility index (Phi) is 5.67. The molecule has 29 heavy (non-hydrogen) atoms. The lowest BCUT2D eigenvalue weighted by Gasteiger charge is -2.34. The molecular formula is C22H28N4O3. The van der Waals surface area contributed by atoms with Crippen molar-refractivity contribution in [1.29, 1.82) is 0 Å². The van der Waals surface area contributed by atoms with E-state index in [1.807, 2.05) is 6.92 Å². The van der Waals surface area contributed by atoms with Gasteiger partial charge in [0, 0.05) is 19.6 Å². The summed E-state index contributed by atoms with van der Waals surface area (Å²) < 4.78 is 10.7. The predicted octanol–water partition coefficient (Wildman–Crippen LogP) is 3.89. The number of aromatic nitrogens is 2. The highest BCUT2D eigenvalue weighted by Gasteiger charge is 2.22. The summed E-state index contributed by atoms with van der Waals surface area (Å²) in [6.45, 7) is 10.4. The molecule has 0 saturated carbocycles. The first-order valence-electron chi connectivity index (χ1n) is 10.3. The zero-order valence-corrected chi connectivity index (χ0v) is 17.3. The largest absolute Gasteiger partial charge is 0.463 e. The van der Waals surface area contributed by atoms with Gasteiger partial charge in [-0.05, 0) is 56.3 Å². The number of nitrogens with one attached hydrogen (secondary N) is 1. The maximum atomic E-state index is 12.9. The first-order valence-corrected chi connectivity index (χ1v) is 10.3. The van der Waals surface area contributed by atoms with Gasteiger partial charge in [0.1, 0.15) is 5.69 Å². The first-order chi connectivity index (χ1) is 14.0. The number of nitrogens with zero attached hydrogens (tertiary/aromatic N) is 3. The van der Waals surface area contributed by atoms with Crippen molar-refractivity contribution in [2.75, 3.05) is 26.2 Å². The quantitative estimate of drug-likeness (QED) is 0.637. The van der Waals surface area contributed by atoms with Gasteiger partial charge in [0.2, 0.25) is 0 Å². The average molecular weight is 396 g/mol. The van der Waals surface area contributed by atoms with Gasteiger partial charge in [-0.2, -0.15) is 0 Å². The Balaban J connectivity index is 1.43. The van der Waals surface area contributed by atoms with Gasteiger partial charge >= 0.3 is 0 Å². The summed E-state index contributed by atoms with van der Waals surface area (Å²) in [4.78, 5) is 19.9. The number of pyridine rings is 1. The molecule has 3 aromatic rings. The lowest BCUT2D eigenvalue weighted by atomic mass is 9.92. The first kappa shape index (κ1) is 19.6. The fraction of sp³-hybridized carbons (Fsp3) is 0.500. The van der Waals surface area contributed by atoms with Crippen molar-refractivity contribution in [3.8, 4) is 11.5 Å². The molecule has 0 aromatic carbocycles. The van der Waals surface area contributed by atoms with Crippen molar-refractivity contribution in [3.05, 3.63) is 35.7 Å². The SMILES string of the molecule is Cc1noc2nc(-c3ccco3)cc(C(=O)NCCCN3CC(C)CC(C)C3)c12. The molecule has 154 valence electrons. The normalized spacial score (nSPS) is 20.2. The minimum absolute atomic E-state index is 0.142. The minimum atomic E-state index is -0.142. The Morgan fingerprint density at radius 2 is 2.10 bits per heavy atom. The lowest BCUT2D eigenvalue weighted by Crippen LogP contribution is -2.40. The van der Waals surface area contributed by atoms with E-state index < -0.39 is 0 Å². The molecule has 1 fully saturated rings. The van der Waals surface area contributed by atoms with Gasteiger partial charge in [0.25, 0.3) is 11.6 Å². The second kappa shape index (κ2) is 8.37. The van der Waals surface area contributed by atoms with Crippen LogP contribution in [0.5, 0.6) is 0 Å². The van der Waals surface area contributed by atoms with Crippen LogP contribution in [0.1, 0.15) is 42.7 Å². The van der Waals surface area contributed by atoms with Crippen molar-refractivity contribution in [1.82, 2.24) is 20.4 Å². The Morgan fingerprint density at radius 1 is 1.31 bits per heavy atom. The van der Waals surface area contributed by atoms with E-state index in [1.54, 1.807) is 24.5 Å². The van der Waals surface area contributed by atoms with E-state index in [0.29, 0.717) is 40.4 Å². The van der Waals surface area contributed by atoms with Crippen molar-refractivity contribution < 1.29 is 13.7 Å². The number of amides is 1. The summed E-state index contributed by atoms with van der Waals surface area (Å²) in [5.41, 5.74) is 2.07. The molecule has 4 rings (SSSR count). The monoisotopic (exact) mass is 396 g/mol. The molecule has 0 spiro atoms. The number of carbonyl (C=O) groups is 1. The van der Waals surface area contributed by atoms with E-state index in [2.05, 4.69) is 34.2 Å². The zero-order valence-electron chi connectivity index (χ0n) is 17.3. The van der Waals surface area contributed by atoms with Crippen LogP contribution in [0.25, 0.3) is 22.6 Å². The number of piperidine rings is 1. The maximum absolute atomic E-state index is 12.9. The fourth-order valence-corrected chi connectivity index (χ4v) is 4.40. The van der Waals surface area contributed by atoms with Crippen LogP contribution in [0.15, 0.2) is 33.4 Å². The van der Waals surface area contributed by atoms with Gasteiger partial charge in [0.05, 0.1) is 22.9 Å². The molecule has 1 amide bonds. The van der Waals surface area contributed by atoms with E-state index in [4.69, 9.17) is 8.94 Å². The fourth-order valence-electron chi connectivity index (χ4n) is 4.40. The molecule has 4 heterocycles. The molecule has 2 unspecified atom stereocenters. The summed E-state index contributed by atoms with van der Waals surface area (Å²) in [6, 6.07) is 5.34. The van der Waals surface area contributed by atoms with Crippen molar-refractivity contribution >= 4 is 17.0 Å². The number of furan rings is 1. The Morgan fingerprint density at radius 3 is 2.83 bits per heavy atom. The summed E-state index contributed by atoms with van der Waals surface area (Å²) >= 11 is 0. The zero-order chi connectivity index (χ0) is 20.4. The van der Waals surface area contributed by atoms with E-state index in [0.717, 1.165) is 37.9 Å². The van der Waals surface area contributed by atoms with Crippen LogP contribution in [0, 0.1) is 18.8 Å². The highest BCUT2D eigenvalue weighted by molar-refractivity contribution is 6.06. The maximum Gasteiger partial charge on any atom is 0.259 e. The Hall–Kier alpha value is -2.67. The van der Waals surface area contributed by atoms with Crippen LogP contribution < -0.4 is 5.32 Å². The molecule has 1 saturated heterocycles. The van der Waals surface area contributed by atoms with Gasteiger partial charge in [0.15, 0.2) is 5.76 Å². The molecule has 1 N–H and O–H groups in total. The number of fused-ring (bicyclic) bond motifs is 1. The number of likely N-dealkylation sites (tertiary alicyclic amines) is 1. The van der Waals surface area contributed by atoms with Crippen molar-refractivity contribution in [3.63, 3.8) is 0 Å². The minimum Gasteiger partial charge on any atom is -0.463 e. The summed E-state index contributed by atoms with van der Waals surface area (Å²) in [7, 11) is 0. The standard InChI is InChI=1S/C22H28N4O3/c1-14-10-15(2)13-26(12-14)8-5-7-23-21(27)17-11-18(19-6-4-9-28-19)24-22-20(17)16(3)25-29-22/h4,6,9,11,14-15H,5,7-8,10,12-13H2,1-3H3,(H,23,27). The summed E-state index contributed by atoms with van der Waals surface area (Å²) in [5, 5.41) is 7.68. The molecule has 1 aliphatic rings. The van der Waals surface area contributed by atoms with Gasteiger partial charge in [-0.3, -0.25) is 4.79 Å². The molecular weight excluding hydrogens is 368 g/mol. The third kappa shape index (κ3) is 4.34. The van der Waals surface area contributed by atoms with Gasteiger partial charge in [-0.25, -0.2) is 4.98 Å². The van der Waals surface area contributed by atoms with Crippen LogP contribution in [0.2, 0.25) is 0 Å². The molecule has 7 heteroatoms. The third-order valence-electron chi connectivity index (χ3n) is 5.52. The second-order valence-corrected chi connectivity index (χ2v) is 8.30. The van der Waals surface area contributed by atoms with Gasteiger partial charge < -0.3 is 19.2 Å². The predicted molar refractivity (Wildman–Crippen MR) is 111 cm³/mol. The number of hydrogen-bond donors (Lipinski definition) is 1. The second-order valence-electron chi connectivity index (χ2n) is 8.30. The molecule has 0 bridgehead atoms. The third-order valence-corrected chi connectivity index (χ3v) is 5.52. The van der Waals surface area contributed by atoms with E-state index in [1.165, 1.54) is 6.42 Å².